The minimum Gasteiger partial charge on any atom is -0.492 e. The number of likely N-dealkylation sites (N-methyl/N-ethyl adjacent to an activating group) is 1. The van der Waals surface area contributed by atoms with Crippen molar-refractivity contribution in [3.63, 3.8) is 0 Å². The van der Waals surface area contributed by atoms with E-state index in [0.29, 0.717) is 17.4 Å². The smallest absolute Gasteiger partial charge is 0.274 e. The zero-order valence-electron chi connectivity index (χ0n) is 20.8. The molecule has 0 unspecified atom stereocenters. The topological polar surface area (TPSA) is 76.5 Å². The third kappa shape index (κ3) is 5.98. The van der Waals surface area contributed by atoms with Crippen LogP contribution in [0.4, 0.5) is 0 Å². The molecule has 4 aromatic rings. The highest BCUT2D eigenvalue weighted by molar-refractivity contribution is 6.04. The number of carbonyl (C=O) groups excluding carboxylic acids is 1. The molecule has 0 radical (unpaired) electrons. The van der Waals surface area contributed by atoms with Crippen LogP contribution in [-0.2, 0) is 13.1 Å². The summed E-state index contributed by atoms with van der Waals surface area (Å²) < 4.78 is 7.38. The monoisotopic (exact) mass is 484 g/mol. The van der Waals surface area contributed by atoms with E-state index in [1.807, 2.05) is 54.6 Å². The lowest BCUT2D eigenvalue weighted by Gasteiger charge is -2.19. The normalized spacial score (nSPS) is 11.1. The van der Waals surface area contributed by atoms with E-state index in [-0.39, 0.29) is 30.2 Å². The number of para-hydroxylation sites is 1. The molecule has 4 rings (SSSR count). The Kier molecular flexibility index (Phi) is 8.47. The summed E-state index contributed by atoms with van der Waals surface area (Å²) in [5, 5.41) is 8.45. The summed E-state index contributed by atoms with van der Waals surface area (Å²) >= 11 is 0. The second-order valence-electron chi connectivity index (χ2n) is 8.51. The lowest BCUT2D eigenvalue weighted by molar-refractivity contribution is 0.0945. The Bertz CT molecular complexity index is 1360. The van der Waals surface area contributed by atoms with Gasteiger partial charge in [-0.05, 0) is 30.8 Å². The summed E-state index contributed by atoms with van der Waals surface area (Å²) in [7, 11) is 0. The third-order valence-electron chi connectivity index (χ3n) is 6.23. The second-order valence-corrected chi connectivity index (χ2v) is 8.51. The molecule has 1 aromatic heterocycles. The van der Waals surface area contributed by atoms with Gasteiger partial charge in [0.2, 0.25) is 0 Å². The Balaban J connectivity index is 1.54. The maximum atomic E-state index is 13.3. The van der Waals surface area contributed by atoms with E-state index in [1.165, 1.54) is 4.68 Å². The predicted molar refractivity (Wildman–Crippen MR) is 142 cm³/mol. The molecule has 0 bridgehead atoms. The van der Waals surface area contributed by atoms with Crippen molar-refractivity contribution in [2.24, 2.45) is 0 Å². The minimum atomic E-state index is -0.342. The Morgan fingerprint density at radius 1 is 0.917 bits per heavy atom. The largest absolute Gasteiger partial charge is 0.492 e. The number of amides is 1. The predicted octanol–water partition coefficient (Wildman–Crippen LogP) is 4.10. The molecule has 0 aliphatic rings. The van der Waals surface area contributed by atoms with Gasteiger partial charge in [-0.25, -0.2) is 4.68 Å². The fourth-order valence-electron chi connectivity index (χ4n) is 4.14. The van der Waals surface area contributed by atoms with E-state index >= 15 is 0 Å². The highest BCUT2D eigenvalue weighted by Gasteiger charge is 2.17. The van der Waals surface area contributed by atoms with Gasteiger partial charge in [-0.2, -0.15) is 5.10 Å². The summed E-state index contributed by atoms with van der Waals surface area (Å²) in [6, 6.07) is 24.4. The van der Waals surface area contributed by atoms with Crippen molar-refractivity contribution in [1.29, 1.82) is 0 Å². The van der Waals surface area contributed by atoms with Crippen LogP contribution in [-0.4, -0.2) is 46.8 Å². The lowest BCUT2D eigenvalue weighted by Crippen LogP contribution is -2.31. The van der Waals surface area contributed by atoms with Crippen molar-refractivity contribution in [2.45, 2.75) is 26.9 Å². The number of hydrogen-bond donors (Lipinski definition) is 1. The zero-order chi connectivity index (χ0) is 25.3. The van der Waals surface area contributed by atoms with Crippen LogP contribution in [0.2, 0.25) is 0 Å². The van der Waals surface area contributed by atoms with Gasteiger partial charge in [-0.15, -0.1) is 0 Å². The van der Waals surface area contributed by atoms with Crippen molar-refractivity contribution in [3.05, 3.63) is 106 Å². The van der Waals surface area contributed by atoms with E-state index in [4.69, 9.17) is 4.74 Å². The Labute approximate surface area is 211 Å². The van der Waals surface area contributed by atoms with Gasteiger partial charge in [0.15, 0.2) is 5.69 Å². The molecule has 0 saturated heterocycles. The van der Waals surface area contributed by atoms with Gasteiger partial charge >= 0.3 is 0 Å². The van der Waals surface area contributed by atoms with Gasteiger partial charge < -0.3 is 15.0 Å². The van der Waals surface area contributed by atoms with E-state index < -0.39 is 0 Å². The third-order valence-corrected chi connectivity index (χ3v) is 6.23. The first-order chi connectivity index (χ1) is 17.6. The molecular weight excluding hydrogens is 452 g/mol. The van der Waals surface area contributed by atoms with Crippen molar-refractivity contribution < 1.29 is 9.53 Å². The standard InChI is InChI=1S/C29H32N4O3/c1-3-32(4-2)18-19-36-26-17-11-8-14-23(26)20-30-28(34)27-24-15-9-10-16-25(24)29(35)33(31-27)21-22-12-6-5-7-13-22/h5-17H,3-4,18-21H2,1-2H3,(H,30,34). The summed E-state index contributed by atoms with van der Waals surface area (Å²) in [5.41, 5.74) is 1.82. The maximum absolute atomic E-state index is 13.3. The van der Waals surface area contributed by atoms with Crippen LogP contribution in [0.15, 0.2) is 83.7 Å². The highest BCUT2D eigenvalue weighted by Crippen LogP contribution is 2.19. The molecule has 0 fully saturated rings. The number of ether oxygens (including phenoxy) is 1. The van der Waals surface area contributed by atoms with E-state index in [2.05, 4.69) is 29.2 Å². The maximum Gasteiger partial charge on any atom is 0.274 e. The molecule has 0 aliphatic carbocycles. The fraction of sp³-hybridized carbons (Fsp3) is 0.276. The molecule has 0 atom stereocenters. The number of nitrogens with zero attached hydrogens (tertiary/aromatic N) is 3. The number of aromatic nitrogens is 2. The Hall–Kier alpha value is -3.97. The summed E-state index contributed by atoms with van der Waals surface area (Å²) in [4.78, 5) is 28.7. The number of carbonyl (C=O) groups is 1. The van der Waals surface area contributed by atoms with E-state index in [1.54, 1.807) is 24.3 Å². The summed E-state index contributed by atoms with van der Waals surface area (Å²) in [6.07, 6.45) is 0. The van der Waals surface area contributed by atoms with Crippen molar-refractivity contribution in [3.8, 4) is 5.75 Å². The van der Waals surface area contributed by atoms with Gasteiger partial charge in [-0.3, -0.25) is 9.59 Å². The Morgan fingerprint density at radius 3 is 2.33 bits per heavy atom. The van der Waals surface area contributed by atoms with Gasteiger partial charge in [0.1, 0.15) is 12.4 Å². The van der Waals surface area contributed by atoms with E-state index in [9.17, 15) is 9.59 Å². The van der Waals surface area contributed by atoms with Crippen LogP contribution in [0, 0.1) is 0 Å². The molecule has 36 heavy (non-hydrogen) atoms. The van der Waals surface area contributed by atoms with Gasteiger partial charge in [0.25, 0.3) is 11.5 Å². The van der Waals surface area contributed by atoms with Crippen LogP contribution in [0.25, 0.3) is 10.8 Å². The first kappa shape index (κ1) is 25.1. The van der Waals surface area contributed by atoms with Gasteiger partial charge in [-0.1, -0.05) is 80.6 Å². The highest BCUT2D eigenvalue weighted by atomic mass is 16.5. The molecule has 186 valence electrons. The van der Waals surface area contributed by atoms with Crippen LogP contribution >= 0.6 is 0 Å². The van der Waals surface area contributed by atoms with Crippen LogP contribution in [0.1, 0.15) is 35.5 Å². The molecule has 7 heteroatoms. The van der Waals surface area contributed by atoms with Crippen LogP contribution in [0.3, 0.4) is 0 Å². The molecule has 0 spiro atoms. The number of benzene rings is 3. The van der Waals surface area contributed by atoms with E-state index in [0.717, 1.165) is 36.5 Å². The average Bonchev–Trinajstić information content (AvgIpc) is 2.92. The molecular formula is C29H32N4O3. The van der Waals surface area contributed by atoms with Gasteiger partial charge in [0.05, 0.1) is 11.9 Å². The first-order valence-electron chi connectivity index (χ1n) is 12.4. The SMILES string of the molecule is CCN(CC)CCOc1ccccc1CNC(=O)c1nn(Cc2ccccc2)c(=O)c2ccccc12. The first-order valence-corrected chi connectivity index (χ1v) is 12.4. The molecule has 7 nitrogen and oxygen atoms in total. The number of rotatable bonds is 11. The van der Waals surface area contributed by atoms with Crippen LogP contribution in [0.5, 0.6) is 5.75 Å². The number of hydrogen-bond acceptors (Lipinski definition) is 5. The van der Waals surface area contributed by atoms with Crippen molar-refractivity contribution >= 4 is 16.7 Å². The molecule has 1 heterocycles. The molecule has 1 amide bonds. The Morgan fingerprint density at radius 2 is 1.58 bits per heavy atom. The van der Waals surface area contributed by atoms with Crippen molar-refractivity contribution in [1.82, 2.24) is 20.0 Å². The van der Waals surface area contributed by atoms with Gasteiger partial charge in [0, 0.05) is 24.0 Å². The quantitative estimate of drug-likeness (QED) is 0.347. The molecule has 0 saturated carbocycles. The fourth-order valence-corrected chi connectivity index (χ4v) is 4.14. The molecule has 1 N–H and O–H groups in total. The average molecular weight is 485 g/mol. The second kappa shape index (κ2) is 12.1. The zero-order valence-corrected chi connectivity index (χ0v) is 20.8. The molecule has 0 aliphatic heterocycles. The molecule has 3 aromatic carbocycles. The van der Waals surface area contributed by atoms with Crippen LogP contribution < -0.4 is 15.6 Å². The number of nitrogens with one attached hydrogen (secondary N) is 1. The summed E-state index contributed by atoms with van der Waals surface area (Å²) in [5.74, 6) is 0.405. The van der Waals surface area contributed by atoms with Crippen molar-refractivity contribution in [2.75, 3.05) is 26.2 Å². The minimum absolute atomic E-state index is 0.223. The summed E-state index contributed by atoms with van der Waals surface area (Å²) in [6.45, 7) is 8.20. The number of fused-ring (bicyclic) bond motifs is 1. The lowest BCUT2D eigenvalue weighted by atomic mass is 10.1.